The van der Waals surface area contributed by atoms with Crippen molar-refractivity contribution in [2.24, 2.45) is 0 Å². The predicted octanol–water partition coefficient (Wildman–Crippen LogP) is 6.75. The lowest BCUT2D eigenvalue weighted by atomic mass is 9.81. The van der Waals surface area contributed by atoms with Crippen molar-refractivity contribution < 1.29 is 0 Å². The number of aryl methyl sites for hydroxylation is 1. The van der Waals surface area contributed by atoms with Gasteiger partial charge in [-0.1, -0.05) is 74.2 Å². The van der Waals surface area contributed by atoms with E-state index in [9.17, 15) is 0 Å². The first-order valence-electron chi connectivity index (χ1n) is 8.96. The Morgan fingerprint density at radius 3 is 2.48 bits per heavy atom. The molecule has 1 aliphatic rings. The van der Waals surface area contributed by atoms with Crippen LogP contribution < -0.4 is 0 Å². The van der Waals surface area contributed by atoms with Crippen molar-refractivity contribution in [3.05, 3.63) is 59.7 Å². The van der Waals surface area contributed by atoms with Gasteiger partial charge in [-0.2, -0.15) is 0 Å². The van der Waals surface area contributed by atoms with E-state index in [1.165, 1.54) is 46.9 Å². The van der Waals surface area contributed by atoms with Gasteiger partial charge in [0.05, 0.1) is 0 Å². The summed E-state index contributed by atoms with van der Waals surface area (Å²) in [6.45, 7) is 7.53. The Morgan fingerprint density at radius 2 is 1.65 bits per heavy atom. The van der Waals surface area contributed by atoms with Crippen LogP contribution in [-0.4, -0.2) is 8.07 Å². The van der Waals surface area contributed by atoms with E-state index >= 15 is 0 Å². The molecule has 1 unspecified atom stereocenters. The molecule has 1 aliphatic carbocycles. The third-order valence-electron chi connectivity index (χ3n) is 5.35. The van der Waals surface area contributed by atoms with Crippen LogP contribution in [0.2, 0.25) is 25.7 Å². The smallest absolute Gasteiger partial charge is 0.0448 e. The van der Waals surface area contributed by atoms with Crippen LogP contribution in [0, 0.1) is 0 Å². The third-order valence-corrected chi connectivity index (χ3v) is 7.07. The number of rotatable bonds is 2. The third kappa shape index (κ3) is 2.72. The molecule has 0 fully saturated rings. The van der Waals surface area contributed by atoms with Crippen LogP contribution in [0.15, 0.2) is 48.5 Å². The maximum Gasteiger partial charge on any atom is 0.0448 e. The minimum atomic E-state index is -1.02. The summed E-state index contributed by atoms with van der Waals surface area (Å²) < 4.78 is 0. The molecule has 0 saturated heterocycles. The zero-order valence-electron chi connectivity index (χ0n) is 14.5. The molecule has 3 aromatic rings. The van der Waals surface area contributed by atoms with Gasteiger partial charge < -0.3 is 0 Å². The molecule has 0 N–H and O–H groups in total. The van der Waals surface area contributed by atoms with Gasteiger partial charge in [-0.25, -0.2) is 0 Å². The highest BCUT2D eigenvalue weighted by molar-refractivity contribution is 6.76. The summed E-state index contributed by atoms with van der Waals surface area (Å²) in [5, 5.41) is 5.70. The van der Waals surface area contributed by atoms with Crippen molar-refractivity contribution >= 4 is 29.6 Å². The number of hydrogen-bond acceptors (Lipinski definition) is 0. The number of benzene rings is 3. The Balaban J connectivity index is 1.91. The molecule has 0 bridgehead atoms. The van der Waals surface area contributed by atoms with Crippen LogP contribution >= 0.6 is 0 Å². The maximum atomic E-state index is 2.51. The van der Waals surface area contributed by atoms with Gasteiger partial charge in [0.2, 0.25) is 0 Å². The summed E-state index contributed by atoms with van der Waals surface area (Å²) in [5.74, 6) is 0.793. The fourth-order valence-electron chi connectivity index (χ4n) is 4.46. The number of fused-ring (bicyclic) bond motifs is 5. The van der Waals surface area contributed by atoms with Gasteiger partial charge in [0.25, 0.3) is 0 Å². The Bertz CT molecular complexity index is 870. The summed E-state index contributed by atoms with van der Waals surface area (Å²) in [5.41, 5.74) is 3.30. The van der Waals surface area contributed by atoms with Crippen LogP contribution in [0.3, 0.4) is 0 Å². The molecule has 1 heteroatoms. The normalized spacial score (nSPS) is 18.3. The van der Waals surface area contributed by atoms with Crippen molar-refractivity contribution in [3.63, 3.8) is 0 Å². The molecule has 118 valence electrons. The predicted molar refractivity (Wildman–Crippen MR) is 105 cm³/mol. The first-order chi connectivity index (χ1) is 11.0. The monoisotopic (exact) mass is 318 g/mol. The molecular formula is C22H26Si. The Kier molecular flexibility index (Phi) is 3.57. The topological polar surface area (TPSA) is 0 Å². The average molecular weight is 319 g/mol. The minimum absolute atomic E-state index is 0.793. The lowest BCUT2D eigenvalue weighted by Gasteiger charge is -2.31. The fourth-order valence-corrected chi connectivity index (χ4v) is 6.36. The molecule has 1 atom stereocenters. The van der Waals surface area contributed by atoms with E-state index in [2.05, 4.69) is 68.2 Å². The lowest BCUT2D eigenvalue weighted by Crippen LogP contribution is -2.25. The highest BCUT2D eigenvalue weighted by Crippen LogP contribution is 2.41. The molecule has 0 aromatic heterocycles. The molecule has 23 heavy (non-hydrogen) atoms. The summed E-state index contributed by atoms with van der Waals surface area (Å²) in [6, 6.07) is 19.7. The molecule has 4 rings (SSSR count). The van der Waals surface area contributed by atoms with Gasteiger partial charge in [-0.15, -0.1) is 0 Å². The van der Waals surface area contributed by atoms with Crippen molar-refractivity contribution in [1.82, 2.24) is 0 Å². The van der Waals surface area contributed by atoms with Crippen LogP contribution in [0.25, 0.3) is 21.5 Å². The maximum absolute atomic E-state index is 2.51. The quantitative estimate of drug-likeness (QED) is 0.362. The minimum Gasteiger partial charge on any atom is -0.0695 e. The second-order valence-corrected chi connectivity index (χ2v) is 13.9. The summed E-state index contributed by atoms with van der Waals surface area (Å²) in [6.07, 6.45) is 4.00. The first-order valence-corrected chi connectivity index (χ1v) is 12.7. The molecule has 0 saturated carbocycles. The standard InChI is InChI=1S/C22H26Si/c1-23(2,3)15-17-8-6-10-20-19(17)13-14-21-18-9-5-4-7-16(18)11-12-22(20)21/h4-5,7,9,11-14,17H,6,8,10,15H2,1-3H3. The van der Waals surface area contributed by atoms with E-state index in [1.54, 1.807) is 11.1 Å². The Labute approximate surface area is 140 Å². The molecule has 0 radical (unpaired) electrons. The summed E-state index contributed by atoms with van der Waals surface area (Å²) in [7, 11) is -1.02. The van der Waals surface area contributed by atoms with Gasteiger partial charge in [0, 0.05) is 8.07 Å². The average Bonchev–Trinajstić information content (AvgIpc) is 2.53. The first kappa shape index (κ1) is 15.0. The molecular weight excluding hydrogens is 292 g/mol. The van der Waals surface area contributed by atoms with Crippen molar-refractivity contribution in [2.75, 3.05) is 0 Å². The fraction of sp³-hybridized carbons (Fsp3) is 0.364. The van der Waals surface area contributed by atoms with E-state index in [1.807, 2.05) is 0 Å². The summed E-state index contributed by atoms with van der Waals surface area (Å²) >= 11 is 0. The summed E-state index contributed by atoms with van der Waals surface area (Å²) in [4.78, 5) is 0. The van der Waals surface area contributed by atoms with Gasteiger partial charge in [-0.05, 0) is 57.9 Å². The van der Waals surface area contributed by atoms with Crippen molar-refractivity contribution in [2.45, 2.75) is 50.9 Å². The van der Waals surface area contributed by atoms with E-state index in [-0.39, 0.29) is 0 Å². The van der Waals surface area contributed by atoms with Crippen molar-refractivity contribution in [1.29, 1.82) is 0 Å². The molecule has 0 spiro atoms. The molecule has 0 nitrogen and oxygen atoms in total. The van der Waals surface area contributed by atoms with Crippen LogP contribution in [0.5, 0.6) is 0 Å². The second kappa shape index (κ2) is 5.49. The second-order valence-electron chi connectivity index (χ2n) is 8.37. The SMILES string of the molecule is C[Si](C)(C)CC1CCCc2c1ccc1c2ccc2ccccc21. The van der Waals surface area contributed by atoms with Crippen molar-refractivity contribution in [3.8, 4) is 0 Å². The Morgan fingerprint density at radius 1 is 0.870 bits per heavy atom. The van der Waals surface area contributed by atoms with E-state index in [0.29, 0.717) is 0 Å². The highest BCUT2D eigenvalue weighted by Gasteiger charge is 2.27. The number of hydrogen-bond donors (Lipinski definition) is 0. The van der Waals surface area contributed by atoms with Gasteiger partial charge in [0.15, 0.2) is 0 Å². The zero-order chi connectivity index (χ0) is 16.0. The largest absolute Gasteiger partial charge is 0.0695 e. The lowest BCUT2D eigenvalue weighted by molar-refractivity contribution is 0.587. The van der Waals surface area contributed by atoms with Gasteiger partial charge >= 0.3 is 0 Å². The van der Waals surface area contributed by atoms with Crippen LogP contribution in [0.4, 0.5) is 0 Å². The van der Waals surface area contributed by atoms with Crippen LogP contribution in [0.1, 0.15) is 29.9 Å². The zero-order valence-corrected chi connectivity index (χ0v) is 15.5. The molecule has 0 amide bonds. The van der Waals surface area contributed by atoms with E-state index in [0.717, 1.165) is 5.92 Å². The van der Waals surface area contributed by atoms with Gasteiger partial charge in [-0.3, -0.25) is 0 Å². The van der Waals surface area contributed by atoms with E-state index < -0.39 is 8.07 Å². The molecule has 0 heterocycles. The molecule has 3 aromatic carbocycles. The van der Waals surface area contributed by atoms with Crippen LogP contribution in [-0.2, 0) is 6.42 Å². The highest BCUT2D eigenvalue weighted by atomic mass is 28.3. The Hall–Kier alpha value is -1.60. The van der Waals surface area contributed by atoms with E-state index in [4.69, 9.17) is 0 Å². The molecule has 0 aliphatic heterocycles. The van der Waals surface area contributed by atoms with Gasteiger partial charge in [0.1, 0.15) is 0 Å².